The van der Waals surface area contributed by atoms with Gasteiger partial charge in [0, 0.05) is 31.0 Å². The van der Waals surface area contributed by atoms with Gasteiger partial charge in [0.25, 0.3) is 0 Å². The van der Waals surface area contributed by atoms with Gasteiger partial charge in [-0.3, -0.25) is 0 Å². The van der Waals surface area contributed by atoms with Gasteiger partial charge in [-0.25, -0.2) is 4.98 Å². The predicted molar refractivity (Wildman–Crippen MR) is 75.3 cm³/mol. The number of hydrogen-bond acceptors (Lipinski definition) is 5. The third-order valence-electron chi connectivity index (χ3n) is 2.80. The van der Waals surface area contributed by atoms with Gasteiger partial charge >= 0.3 is 6.01 Å². The van der Waals surface area contributed by atoms with Crippen molar-refractivity contribution in [3.63, 3.8) is 0 Å². The van der Waals surface area contributed by atoms with Gasteiger partial charge in [-0.2, -0.15) is 4.98 Å². The van der Waals surface area contributed by atoms with E-state index in [0.717, 1.165) is 5.56 Å². The average molecular weight is 290 g/mol. The summed E-state index contributed by atoms with van der Waals surface area (Å²) in [6, 6.07) is 7.91. The molecule has 7 heteroatoms. The molecule has 1 N–H and O–H groups in total. The third-order valence-corrected chi connectivity index (χ3v) is 3.06. The zero-order chi connectivity index (χ0) is 13.9. The van der Waals surface area contributed by atoms with Crippen LogP contribution in [0.4, 0.5) is 6.01 Å². The number of imidazole rings is 1. The van der Waals surface area contributed by atoms with Crippen LogP contribution in [0.3, 0.4) is 0 Å². The van der Waals surface area contributed by atoms with E-state index in [0.29, 0.717) is 29.2 Å². The SMILES string of the molecule is Cn1ccnc1-c1noc(NCc2ccc(Cl)cc2)n1. The molecular formula is C13H12ClN5O. The number of nitrogens with zero attached hydrogens (tertiary/aromatic N) is 4. The summed E-state index contributed by atoms with van der Waals surface area (Å²) in [7, 11) is 1.87. The van der Waals surface area contributed by atoms with Crippen molar-refractivity contribution >= 4 is 17.6 Å². The lowest BCUT2D eigenvalue weighted by Gasteiger charge is -2.01. The van der Waals surface area contributed by atoms with Crippen LogP contribution in [0.15, 0.2) is 41.2 Å². The van der Waals surface area contributed by atoms with Crippen molar-refractivity contribution in [2.75, 3.05) is 5.32 Å². The molecule has 2 aromatic heterocycles. The number of aromatic nitrogens is 4. The summed E-state index contributed by atoms with van der Waals surface area (Å²) in [6.07, 6.45) is 3.51. The molecule has 0 bridgehead atoms. The lowest BCUT2D eigenvalue weighted by atomic mass is 10.2. The number of halogens is 1. The lowest BCUT2D eigenvalue weighted by Crippen LogP contribution is -1.99. The Hall–Kier alpha value is -2.34. The summed E-state index contributed by atoms with van der Waals surface area (Å²) in [6.45, 7) is 0.583. The standard InChI is InChI=1S/C13H12ClN5O/c1-19-7-6-15-12(19)11-17-13(20-18-11)16-8-9-2-4-10(14)5-3-9/h2-7H,8H2,1H3,(H,16,17,18). The van der Waals surface area contributed by atoms with E-state index in [1.54, 1.807) is 6.20 Å². The fourth-order valence-electron chi connectivity index (χ4n) is 1.75. The second-order valence-corrected chi connectivity index (χ2v) is 4.70. The number of aryl methyl sites for hydroxylation is 1. The molecule has 0 saturated heterocycles. The zero-order valence-corrected chi connectivity index (χ0v) is 11.5. The second kappa shape index (κ2) is 5.34. The first kappa shape index (κ1) is 12.7. The van der Waals surface area contributed by atoms with Gasteiger partial charge < -0.3 is 14.4 Å². The molecule has 0 aliphatic heterocycles. The molecule has 0 aliphatic rings. The van der Waals surface area contributed by atoms with Crippen LogP contribution < -0.4 is 5.32 Å². The van der Waals surface area contributed by atoms with Crippen LogP contribution >= 0.6 is 11.6 Å². The smallest absolute Gasteiger partial charge is 0.322 e. The van der Waals surface area contributed by atoms with Crippen LogP contribution in [0.25, 0.3) is 11.6 Å². The minimum Gasteiger partial charge on any atom is -0.334 e. The van der Waals surface area contributed by atoms with Crippen molar-refractivity contribution < 1.29 is 4.52 Å². The highest BCUT2D eigenvalue weighted by atomic mass is 35.5. The van der Waals surface area contributed by atoms with Crippen LogP contribution in [-0.2, 0) is 13.6 Å². The highest BCUT2D eigenvalue weighted by Gasteiger charge is 2.11. The van der Waals surface area contributed by atoms with E-state index < -0.39 is 0 Å². The molecule has 20 heavy (non-hydrogen) atoms. The highest BCUT2D eigenvalue weighted by molar-refractivity contribution is 6.30. The van der Waals surface area contributed by atoms with E-state index in [2.05, 4.69) is 20.4 Å². The molecule has 3 aromatic rings. The van der Waals surface area contributed by atoms with E-state index >= 15 is 0 Å². The van der Waals surface area contributed by atoms with Gasteiger partial charge in [-0.15, -0.1) is 0 Å². The molecule has 2 heterocycles. The Balaban J connectivity index is 1.69. The normalized spacial score (nSPS) is 10.7. The number of benzene rings is 1. The Morgan fingerprint density at radius 3 is 2.80 bits per heavy atom. The van der Waals surface area contributed by atoms with Gasteiger partial charge in [-0.1, -0.05) is 28.9 Å². The fourth-order valence-corrected chi connectivity index (χ4v) is 1.87. The van der Waals surface area contributed by atoms with Gasteiger partial charge in [0.2, 0.25) is 5.82 Å². The average Bonchev–Trinajstić information content (AvgIpc) is 3.06. The van der Waals surface area contributed by atoms with Gasteiger partial charge in [0.05, 0.1) is 0 Å². The maximum Gasteiger partial charge on any atom is 0.322 e. The Morgan fingerprint density at radius 1 is 1.30 bits per heavy atom. The monoisotopic (exact) mass is 289 g/mol. The first-order chi connectivity index (χ1) is 9.72. The Labute approximate surface area is 120 Å². The molecule has 0 spiro atoms. The fraction of sp³-hybridized carbons (Fsp3) is 0.154. The van der Waals surface area contributed by atoms with Crippen LogP contribution in [0, 0.1) is 0 Å². The van der Waals surface area contributed by atoms with E-state index in [4.69, 9.17) is 16.1 Å². The van der Waals surface area contributed by atoms with Crippen molar-refractivity contribution in [1.82, 2.24) is 19.7 Å². The van der Waals surface area contributed by atoms with Crippen molar-refractivity contribution in [2.45, 2.75) is 6.54 Å². The number of rotatable bonds is 4. The Morgan fingerprint density at radius 2 is 2.10 bits per heavy atom. The maximum atomic E-state index is 5.83. The molecule has 3 rings (SSSR count). The molecule has 102 valence electrons. The van der Waals surface area contributed by atoms with Crippen molar-refractivity contribution in [2.24, 2.45) is 7.05 Å². The van der Waals surface area contributed by atoms with E-state index in [9.17, 15) is 0 Å². The Bertz CT molecular complexity index is 704. The van der Waals surface area contributed by atoms with E-state index in [1.807, 2.05) is 42.1 Å². The largest absolute Gasteiger partial charge is 0.334 e. The summed E-state index contributed by atoms with van der Waals surface area (Å²) >= 11 is 5.83. The van der Waals surface area contributed by atoms with E-state index in [1.165, 1.54) is 0 Å². The van der Waals surface area contributed by atoms with Crippen molar-refractivity contribution in [3.05, 3.63) is 47.2 Å². The van der Waals surface area contributed by atoms with Crippen LogP contribution in [0.1, 0.15) is 5.56 Å². The number of anilines is 1. The van der Waals surface area contributed by atoms with Crippen molar-refractivity contribution in [1.29, 1.82) is 0 Å². The van der Waals surface area contributed by atoms with Crippen LogP contribution in [0.2, 0.25) is 5.02 Å². The summed E-state index contributed by atoms with van der Waals surface area (Å²) < 4.78 is 6.96. The minimum absolute atomic E-state index is 0.359. The first-order valence-corrected chi connectivity index (χ1v) is 6.40. The highest BCUT2D eigenvalue weighted by Crippen LogP contribution is 2.16. The van der Waals surface area contributed by atoms with Crippen molar-refractivity contribution in [3.8, 4) is 11.6 Å². The van der Waals surface area contributed by atoms with Gasteiger partial charge in [0.1, 0.15) is 0 Å². The quantitative estimate of drug-likeness (QED) is 0.800. The molecular weight excluding hydrogens is 278 g/mol. The molecule has 0 fully saturated rings. The maximum absolute atomic E-state index is 5.83. The Kier molecular flexibility index (Phi) is 3.39. The molecule has 6 nitrogen and oxygen atoms in total. The predicted octanol–water partition coefficient (Wildman–Crippen LogP) is 2.74. The summed E-state index contributed by atoms with van der Waals surface area (Å²) in [5.74, 6) is 1.12. The molecule has 0 atom stereocenters. The topological polar surface area (TPSA) is 68.8 Å². The molecule has 1 aromatic carbocycles. The van der Waals surface area contributed by atoms with E-state index in [-0.39, 0.29) is 0 Å². The third kappa shape index (κ3) is 2.65. The number of nitrogens with one attached hydrogen (secondary N) is 1. The summed E-state index contributed by atoms with van der Waals surface area (Å²) in [4.78, 5) is 8.41. The molecule has 0 unspecified atom stereocenters. The molecule has 0 aliphatic carbocycles. The lowest BCUT2D eigenvalue weighted by molar-refractivity contribution is 0.431. The second-order valence-electron chi connectivity index (χ2n) is 4.26. The number of hydrogen-bond donors (Lipinski definition) is 1. The molecule has 0 radical (unpaired) electrons. The summed E-state index contributed by atoms with van der Waals surface area (Å²) in [5.41, 5.74) is 1.08. The van der Waals surface area contributed by atoms with Gasteiger partial charge in [-0.05, 0) is 17.7 Å². The minimum atomic E-state index is 0.359. The molecule has 0 amide bonds. The van der Waals surface area contributed by atoms with Crippen LogP contribution in [0.5, 0.6) is 0 Å². The first-order valence-electron chi connectivity index (χ1n) is 6.02. The van der Waals surface area contributed by atoms with Gasteiger partial charge in [0.15, 0.2) is 5.82 Å². The summed E-state index contributed by atoms with van der Waals surface area (Å²) in [5, 5.41) is 7.67. The van der Waals surface area contributed by atoms with Crippen LogP contribution in [-0.4, -0.2) is 19.7 Å². The zero-order valence-electron chi connectivity index (χ0n) is 10.7. The molecule has 0 saturated carbocycles.